The molecule has 1 N–H and O–H groups in total. The highest BCUT2D eigenvalue weighted by atomic mass is 28.4. The number of aromatic nitrogens is 2. The Morgan fingerprint density at radius 2 is 1.76 bits per heavy atom. The van der Waals surface area contributed by atoms with Gasteiger partial charge >= 0.3 is 0 Å². The van der Waals surface area contributed by atoms with E-state index in [0.29, 0.717) is 24.5 Å². The summed E-state index contributed by atoms with van der Waals surface area (Å²) in [7, 11) is 0.0103. The molecule has 2 saturated carbocycles. The number of carbonyl (C=O) groups excluding carboxylic acids is 2. The third-order valence-electron chi connectivity index (χ3n) is 9.13. The van der Waals surface area contributed by atoms with E-state index in [0.717, 1.165) is 49.6 Å². The summed E-state index contributed by atoms with van der Waals surface area (Å²) in [5.74, 6) is 0.617. The molecule has 2 aromatic rings. The van der Waals surface area contributed by atoms with Crippen LogP contribution in [0.2, 0.25) is 18.1 Å². The number of rotatable bonds is 5. The Hall–Kier alpha value is -2.39. The lowest BCUT2D eigenvalue weighted by molar-refractivity contribution is -0.138. The molecule has 3 aliphatic rings. The number of aromatic hydroxyl groups is 1. The maximum atomic E-state index is 13.4. The molecular formula is C28H42N4O4Si. The summed E-state index contributed by atoms with van der Waals surface area (Å²) < 4.78 is 8.38. The molecule has 1 aromatic carbocycles. The Bertz CT molecular complexity index is 1200. The molecule has 2 heterocycles. The average molecular weight is 527 g/mol. The molecular weight excluding hydrogens is 484 g/mol. The van der Waals surface area contributed by atoms with Crippen molar-refractivity contribution in [2.75, 3.05) is 19.6 Å². The Kier molecular flexibility index (Phi) is 6.67. The topological polar surface area (TPSA) is 87.9 Å². The van der Waals surface area contributed by atoms with Gasteiger partial charge in [-0.1, -0.05) is 20.8 Å². The van der Waals surface area contributed by atoms with E-state index < -0.39 is 8.32 Å². The van der Waals surface area contributed by atoms with Crippen molar-refractivity contribution >= 4 is 31.2 Å². The molecule has 2 amide bonds. The van der Waals surface area contributed by atoms with Crippen LogP contribution in [0.3, 0.4) is 0 Å². The normalized spacial score (nSPS) is 23.7. The van der Waals surface area contributed by atoms with Crippen molar-refractivity contribution in [2.24, 2.45) is 7.05 Å². The fourth-order valence-corrected chi connectivity index (χ4v) is 7.01. The highest BCUT2D eigenvalue weighted by molar-refractivity contribution is 6.74. The fraction of sp³-hybridized carbons (Fsp3) is 0.679. The first-order valence-corrected chi connectivity index (χ1v) is 16.7. The van der Waals surface area contributed by atoms with Gasteiger partial charge in [-0.3, -0.25) is 9.59 Å². The van der Waals surface area contributed by atoms with E-state index in [9.17, 15) is 14.7 Å². The van der Waals surface area contributed by atoms with Gasteiger partial charge < -0.3 is 23.9 Å². The predicted molar refractivity (Wildman–Crippen MR) is 146 cm³/mol. The van der Waals surface area contributed by atoms with E-state index in [4.69, 9.17) is 4.43 Å². The Morgan fingerprint density at radius 1 is 1.08 bits per heavy atom. The summed E-state index contributed by atoms with van der Waals surface area (Å²) >= 11 is 0. The molecule has 0 atom stereocenters. The predicted octanol–water partition coefficient (Wildman–Crippen LogP) is 4.77. The maximum absolute atomic E-state index is 13.4. The van der Waals surface area contributed by atoms with Gasteiger partial charge in [-0.15, -0.1) is 0 Å². The summed E-state index contributed by atoms with van der Waals surface area (Å²) in [6.07, 6.45) is 6.41. The number of aryl methyl sites for hydroxylation is 1. The number of nitrogens with zero attached hydrogens (tertiary/aromatic N) is 4. The third kappa shape index (κ3) is 5.04. The molecule has 8 nitrogen and oxygen atoms in total. The second kappa shape index (κ2) is 9.41. The number of hydrogen-bond acceptors (Lipinski definition) is 5. The molecule has 0 radical (unpaired) electrons. The number of imidazole rings is 1. The molecule has 9 heteroatoms. The van der Waals surface area contributed by atoms with Gasteiger partial charge in [0.1, 0.15) is 17.8 Å². The largest absolute Gasteiger partial charge is 0.506 e. The molecule has 1 aliphatic heterocycles. The van der Waals surface area contributed by atoms with Crippen molar-refractivity contribution in [1.29, 1.82) is 0 Å². The first-order chi connectivity index (χ1) is 17.4. The van der Waals surface area contributed by atoms with E-state index in [1.165, 1.54) is 0 Å². The number of carbonyl (C=O) groups is 2. The molecule has 1 saturated heterocycles. The van der Waals surface area contributed by atoms with Crippen molar-refractivity contribution in [1.82, 2.24) is 19.4 Å². The molecule has 5 rings (SSSR count). The average Bonchev–Trinajstić information content (AvgIpc) is 3.62. The summed E-state index contributed by atoms with van der Waals surface area (Å²) in [6.45, 7) is 12.5. The first kappa shape index (κ1) is 26.2. The van der Waals surface area contributed by atoms with Crippen LogP contribution in [0, 0.1) is 0 Å². The molecule has 3 fully saturated rings. The van der Waals surface area contributed by atoms with Crippen LogP contribution < -0.4 is 0 Å². The van der Waals surface area contributed by atoms with E-state index in [1.807, 2.05) is 11.0 Å². The molecule has 202 valence electrons. The van der Waals surface area contributed by atoms with E-state index >= 15 is 0 Å². The molecule has 2 aliphatic carbocycles. The summed E-state index contributed by atoms with van der Waals surface area (Å²) in [6, 6.07) is 4.03. The van der Waals surface area contributed by atoms with Crippen LogP contribution in [0.25, 0.3) is 11.0 Å². The second-order valence-electron chi connectivity index (χ2n) is 12.8. The van der Waals surface area contributed by atoms with Crippen molar-refractivity contribution in [3.8, 4) is 5.75 Å². The highest BCUT2D eigenvalue weighted by Crippen LogP contribution is 2.43. The lowest BCUT2D eigenvalue weighted by Crippen LogP contribution is -2.56. The monoisotopic (exact) mass is 526 g/mol. The fourth-order valence-electron chi connectivity index (χ4n) is 5.59. The number of fused-ring (bicyclic) bond motifs is 1. The van der Waals surface area contributed by atoms with E-state index in [2.05, 4.69) is 38.8 Å². The van der Waals surface area contributed by atoms with Crippen LogP contribution in [0.5, 0.6) is 5.75 Å². The van der Waals surface area contributed by atoms with Gasteiger partial charge in [-0.25, -0.2) is 4.98 Å². The van der Waals surface area contributed by atoms with Crippen LogP contribution in [0.4, 0.5) is 0 Å². The number of amides is 2. The number of phenols is 1. The molecule has 37 heavy (non-hydrogen) atoms. The maximum Gasteiger partial charge on any atom is 0.290 e. The Balaban J connectivity index is 1.21. The second-order valence-corrected chi connectivity index (χ2v) is 17.6. The van der Waals surface area contributed by atoms with Gasteiger partial charge in [0, 0.05) is 32.3 Å². The van der Waals surface area contributed by atoms with Gasteiger partial charge in [0.2, 0.25) is 5.91 Å². The Labute approximate surface area is 221 Å². The van der Waals surface area contributed by atoms with Crippen molar-refractivity contribution < 1.29 is 19.1 Å². The van der Waals surface area contributed by atoms with Gasteiger partial charge in [0.15, 0.2) is 14.1 Å². The Morgan fingerprint density at radius 3 is 2.35 bits per heavy atom. The van der Waals surface area contributed by atoms with Crippen LogP contribution >= 0.6 is 0 Å². The highest BCUT2D eigenvalue weighted by Gasteiger charge is 2.41. The zero-order valence-electron chi connectivity index (χ0n) is 23.2. The van der Waals surface area contributed by atoms with Crippen LogP contribution in [0.15, 0.2) is 12.1 Å². The minimum atomic E-state index is -1.80. The van der Waals surface area contributed by atoms with Gasteiger partial charge in [-0.2, -0.15) is 0 Å². The minimum absolute atomic E-state index is 0.00555. The number of phenolic OH excluding ortho intramolecular Hbond substituents is 1. The first-order valence-electron chi connectivity index (χ1n) is 13.8. The van der Waals surface area contributed by atoms with Crippen LogP contribution in [-0.2, 0) is 16.3 Å². The van der Waals surface area contributed by atoms with Crippen molar-refractivity contribution in [3.63, 3.8) is 0 Å². The summed E-state index contributed by atoms with van der Waals surface area (Å²) in [5, 5.41) is 10.7. The number of benzene rings is 1. The SMILES string of the molecule is Cn1c(C(=O)N2CCN(C3CCC(O[Si](C)(C)C(C)(C)C)CC3)C(=O)C2)nc2c(O)cc(C3CC3)cc21. The third-order valence-corrected chi connectivity index (χ3v) is 13.7. The summed E-state index contributed by atoms with van der Waals surface area (Å²) in [5.41, 5.74) is 2.30. The molecule has 0 unspecified atom stereocenters. The van der Waals surface area contributed by atoms with Crippen LogP contribution in [0.1, 0.15) is 81.4 Å². The number of piperazine rings is 1. The quantitative estimate of drug-likeness (QED) is 0.567. The molecule has 0 spiro atoms. The van der Waals surface area contributed by atoms with Crippen molar-refractivity contribution in [2.45, 2.75) is 95.5 Å². The lowest BCUT2D eigenvalue weighted by Gasteiger charge is -2.44. The lowest BCUT2D eigenvalue weighted by atomic mass is 9.91. The standard InChI is InChI=1S/C28H42N4O4Si/c1-28(2,3)37(5,6)36-21-11-9-20(10-12-21)32-14-13-31(17-24(32)34)27(35)26-29-25-22(30(26)4)15-19(16-23(25)33)18-7-8-18/h15-16,18,20-21,33H,7-14,17H2,1-6H3. The van der Waals surface area contributed by atoms with Crippen molar-refractivity contribution in [3.05, 3.63) is 23.5 Å². The number of hydrogen-bond donors (Lipinski definition) is 1. The zero-order valence-corrected chi connectivity index (χ0v) is 24.2. The van der Waals surface area contributed by atoms with E-state index in [-0.39, 0.29) is 47.1 Å². The van der Waals surface area contributed by atoms with Gasteiger partial charge in [-0.05, 0) is 80.3 Å². The van der Waals surface area contributed by atoms with Gasteiger partial charge in [0.25, 0.3) is 5.91 Å². The van der Waals surface area contributed by atoms with Crippen LogP contribution in [-0.4, -0.2) is 76.4 Å². The molecule has 0 bridgehead atoms. The molecule has 1 aromatic heterocycles. The zero-order chi connectivity index (χ0) is 26.7. The smallest absolute Gasteiger partial charge is 0.290 e. The summed E-state index contributed by atoms with van der Waals surface area (Å²) in [4.78, 5) is 34.6. The minimum Gasteiger partial charge on any atom is -0.506 e. The van der Waals surface area contributed by atoms with E-state index in [1.54, 1.807) is 22.6 Å². The van der Waals surface area contributed by atoms with Gasteiger partial charge in [0.05, 0.1) is 5.52 Å².